The highest BCUT2D eigenvalue weighted by Crippen LogP contribution is 2.28. The number of aromatic nitrogens is 8. The van der Waals surface area contributed by atoms with Gasteiger partial charge in [-0.1, -0.05) is 18.2 Å². The molecule has 0 amide bonds. The molecule has 0 fully saturated rings. The number of carbonyl (C=O) groups is 2. The van der Waals surface area contributed by atoms with Gasteiger partial charge in [0.05, 0.1) is 12.9 Å². The van der Waals surface area contributed by atoms with Crippen LogP contribution in [0.2, 0.25) is 5.28 Å². The quantitative estimate of drug-likeness (QED) is 0.114. The smallest absolute Gasteiger partial charge is 0.348 e. The zero-order valence-corrected chi connectivity index (χ0v) is 20.7. The first-order valence-electron chi connectivity index (χ1n) is 11.0. The molecule has 4 rings (SSSR count). The van der Waals surface area contributed by atoms with Crippen molar-refractivity contribution in [1.82, 2.24) is 40.1 Å². The van der Waals surface area contributed by atoms with Crippen LogP contribution in [0, 0.1) is 0 Å². The Kier molecular flexibility index (Phi) is 7.95. The molecular formula is C21H21ClFN9O7. The van der Waals surface area contributed by atoms with Gasteiger partial charge in [-0.25, -0.2) is 24.1 Å². The number of hydrogen-bond donors (Lipinski definition) is 5. The highest BCUT2D eigenvalue weighted by atomic mass is 35.5. The number of fused-ring (bicyclic) bond motifs is 1. The minimum atomic E-state index is -2.82. The zero-order valence-electron chi connectivity index (χ0n) is 20.0. The average Bonchev–Trinajstić information content (AvgIpc) is 3.58. The van der Waals surface area contributed by atoms with Crippen LogP contribution in [-0.4, -0.2) is 98.9 Å². The van der Waals surface area contributed by atoms with Gasteiger partial charge in [0.25, 0.3) is 5.60 Å². The molecule has 1 aromatic carbocycles. The molecule has 0 unspecified atom stereocenters. The van der Waals surface area contributed by atoms with Crippen molar-refractivity contribution in [3.8, 4) is 11.4 Å². The minimum absolute atomic E-state index is 0.0265. The van der Waals surface area contributed by atoms with Gasteiger partial charge in [-0.05, 0) is 33.7 Å². The lowest BCUT2D eigenvalue weighted by atomic mass is 9.93. The van der Waals surface area contributed by atoms with Gasteiger partial charge < -0.3 is 30.5 Å². The van der Waals surface area contributed by atoms with Gasteiger partial charge in [0, 0.05) is 19.1 Å². The number of aromatic amines is 1. The molecule has 18 heteroatoms. The summed E-state index contributed by atoms with van der Waals surface area (Å²) in [6, 6.07) is 6.14. The van der Waals surface area contributed by atoms with Crippen molar-refractivity contribution in [2.24, 2.45) is 0 Å². The summed E-state index contributed by atoms with van der Waals surface area (Å²) >= 11 is 5.80. The topological polar surface area (TPSA) is 237 Å². The molecule has 0 saturated carbocycles. The van der Waals surface area contributed by atoms with Crippen LogP contribution < -0.4 is 5.73 Å². The first-order chi connectivity index (χ1) is 18.6. The second kappa shape index (κ2) is 11.2. The molecule has 4 aromatic rings. The van der Waals surface area contributed by atoms with Gasteiger partial charge in [0.2, 0.25) is 11.6 Å². The molecule has 0 bridgehead atoms. The molecule has 206 valence electrons. The summed E-state index contributed by atoms with van der Waals surface area (Å²) in [4.78, 5) is 35.9. The van der Waals surface area contributed by atoms with Crippen molar-refractivity contribution in [2.75, 3.05) is 19.5 Å². The Bertz CT molecular complexity index is 1470. The Balaban J connectivity index is 1.57. The molecule has 0 radical (unpaired) electrons. The maximum Gasteiger partial charge on any atom is 0.348 e. The first kappa shape index (κ1) is 27.7. The fraction of sp³-hybridized carbons (Fsp3) is 0.333. The van der Waals surface area contributed by atoms with Crippen molar-refractivity contribution < 1.29 is 38.8 Å². The van der Waals surface area contributed by atoms with Crippen LogP contribution in [-0.2, 0) is 25.5 Å². The van der Waals surface area contributed by atoms with Crippen molar-refractivity contribution >= 4 is 40.5 Å². The number of nitrogen functional groups attached to an aromatic ring is 1. The second-order valence-corrected chi connectivity index (χ2v) is 8.55. The van der Waals surface area contributed by atoms with Gasteiger partial charge in [0.15, 0.2) is 17.3 Å². The number of halogens is 2. The summed E-state index contributed by atoms with van der Waals surface area (Å²) in [6.07, 6.45) is -5.42. The van der Waals surface area contributed by atoms with Gasteiger partial charge in [-0.3, -0.25) is 4.57 Å². The van der Waals surface area contributed by atoms with Crippen LogP contribution in [0.5, 0.6) is 0 Å². The highest BCUT2D eigenvalue weighted by molar-refractivity contribution is 6.28. The summed E-state index contributed by atoms with van der Waals surface area (Å²) < 4.78 is 26.7. The molecule has 6 N–H and O–H groups in total. The number of nitrogens with zero attached hydrogens (tertiary/aromatic N) is 7. The van der Waals surface area contributed by atoms with Gasteiger partial charge in [0.1, 0.15) is 17.7 Å². The monoisotopic (exact) mass is 565 g/mol. The number of aliphatic carboxylic acids is 2. The summed E-state index contributed by atoms with van der Waals surface area (Å²) in [6.45, 7) is -0.826. The van der Waals surface area contributed by atoms with Crippen LogP contribution in [0.3, 0.4) is 0 Å². The van der Waals surface area contributed by atoms with Crippen LogP contribution >= 0.6 is 11.6 Å². The van der Waals surface area contributed by atoms with Crippen LogP contribution in [0.15, 0.2) is 30.6 Å². The van der Waals surface area contributed by atoms with Crippen LogP contribution in [0.4, 0.5) is 10.2 Å². The molecule has 3 atom stereocenters. The summed E-state index contributed by atoms with van der Waals surface area (Å²) in [5, 5.41) is 43.4. The number of aliphatic hydroxyl groups excluding tert-OH is 1. The summed E-state index contributed by atoms with van der Waals surface area (Å²) in [5.41, 5.74) is 3.52. The van der Waals surface area contributed by atoms with Crippen LogP contribution in [0.1, 0.15) is 11.9 Å². The lowest BCUT2D eigenvalue weighted by molar-refractivity contribution is -0.192. The third-order valence-corrected chi connectivity index (χ3v) is 6.01. The summed E-state index contributed by atoms with van der Waals surface area (Å²) in [5.74, 6) is -3.50. The molecule has 16 nitrogen and oxygen atoms in total. The molecule has 3 aromatic heterocycles. The van der Waals surface area contributed by atoms with E-state index < -0.39 is 49.1 Å². The number of ether oxygens (including phenoxy) is 2. The number of alkyl halides is 1. The maximum atomic E-state index is 15.4. The Morgan fingerprint density at radius 2 is 2.03 bits per heavy atom. The average molecular weight is 566 g/mol. The first-order valence-corrected chi connectivity index (χ1v) is 11.4. The molecule has 0 aliphatic rings. The Labute approximate surface area is 222 Å². The molecule has 0 aliphatic carbocycles. The van der Waals surface area contributed by atoms with E-state index in [9.17, 15) is 24.9 Å². The zero-order chi connectivity index (χ0) is 28.3. The third kappa shape index (κ3) is 5.46. The van der Waals surface area contributed by atoms with E-state index in [0.717, 1.165) is 18.0 Å². The van der Waals surface area contributed by atoms with E-state index in [1.807, 2.05) is 0 Å². The number of nitrogens with one attached hydrogen (secondary N) is 1. The molecule has 0 saturated heterocycles. The van der Waals surface area contributed by atoms with E-state index >= 15 is 4.39 Å². The van der Waals surface area contributed by atoms with E-state index in [1.54, 1.807) is 12.1 Å². The number of imidazole rings is 1. The van der Waals surface area contributed by atoms with E-state index in [-0.39, 0.29) is 33.7 Å². The molecule has 39 heavy (non-hydrogen) atoms. The van der Waals surface area contributed by atoms with Crippen molar-refractivity contribution in [3.63, 3.8) is 0 Å². The van der Waals surface area contributed by atoms with Gasteiger partial charge in [-0.2, -0.15) is 9.97 Å². The van der Waals surface area contributed by atoms with E-state index in [0.29, 0.717) is 5.56 Å². The standard InChI is InChI=1S/C21H21ClFN9O7/c1-38-11(13(33)14(23)32-8-25-12-15(24)26-20(22)27-17(12)32)7-39-21(18(34)35,19(36)37)6-9-3-2-4-10(5-9)16-28-30-31-29-16/h2-5,8,11,13-14,33H,6-7H2,1H3,(H,34,35)(H,36,37)(H2,24,26,27)(H,28,29,30,31)/t11-,13-,14-/m1/s1. The third-order valence-electron chi connectivity index (χ3n) is 5.84. The van der Waals surface area contributed by atoms with Gasteiger partial charge in [-0.15, -0.1) is 5.10 Å². The number of anilines is 1. The number of aliphatic hydroxyl groups is 1. The van der Waals surface area contributed by atoms with Crippen molar-refractivity contribution in [3.05, 3.63) is 41.4 Å². The number of carboxylic acid groups (broad SMARTS) is 2. The Hall–Kier alpha value is -4.32. The number of benzene rings is 1. The fourth-order valence-electron chi connectivity index (χ4n) is 3.78. The number of tetrazole rings is 1. The van der Waals surface area contributed by atoms with E-state index in [2.05, 4.69) is 35.6 Å². The SMILES string of the molecule is CO[C@H](COC(Cc1cccc(-c2nnn[nH]2)c1)(C(=O)O)C(=O)O)[C@@H](O)[C@H](F)n1cnc2c(N)nc(Cl)nc21. The number of rotatable bonds is 12. The Morgan fingerprint density at radius 3 is 2.67 bits per heavy atom. The Morgan fingerprint density at radius 1 is 1.28 bits per heavy atom. The molecule has 0 aliphatic heterocycles. The van der Waals surface area contributed by atoms with Gasteiger partial charge >= 0.3 is 11.9 Å². The normalized spacial score (nSPS) is 14.3. The van der Waals surface area contributed by atoms with Crippen molar-refractivity contribution in [1.29, 1.82) is 0 Å². The predicted molar refractivity (Wildman–Crippen MR) is 129 cm³/mol. The maximum absolute atomic E-state index is 15.4. The number of H-pyrrole nitrogens is 1. The minimum Gasteiger partial charge on any atom is -0.479 e. The molecule has 0 spiro atoms. The summed E-state index contributed by atoms with van der Waals surface area (Å²) in [7, 11) is 1.10. The van der Waals surface area contributed by atoms with Crippen molar-refractivity contribution in [2.45, 2.75) is 30.5 Å². The second-order valence-electron chi connectivity index (χ2n) is 8.21. The lowest BCUT2D eigenvalue weighted by Crippen LogP contribution is -2.53. The molecule has 3 heterocycles. The van der Waals surface area contributed by atoms with Crippen LogP contribution in [0.25, 0.3) is 22.6 Å². The fourth-order valence-corrected chi connectivity index (χ4v) is 3.95. The predicted octanol–water partition coefficient (Wildman–Crippen LogP) is 0.253. The van der Waals surface area contributed by atoms with E-state index in [1.165, 1.54) is 12.1 Å². The highest BCUT2D eigenvalue weighted by Gasteiger charge is 2.49. The number of hydrogen-bond acceptors (Lipinski definition) is 12. The molecular weight excluding hydrogens is 545 g/mol. The number of carboxylic acids is 2. The number of methoxy groups -OCH3 is 1. The van der Waals surface area contributed by atoms with E-state index in [4.69, 9.17) is 26.8 Å². The lowest BCUT2D eigenvalue weighted by Gasteiger charge is -2.30. The number of nitrogens with two attached hydrogens (primary N) is 1. The largest absolute Gasteiger partial charge is 0.479 e.